The number of aromatic nitrogens is 4. The van der Waals surface area contributed by atoms with E-state index in [1.165, 1.54) is 51.6 Å². The molecule has 6 nitrogen and oxygen atoms in total. The Balaban J connectivity index is 1.76. The monoisotopic (exact) mass is 480 g/mol. The number of aryl methyl sites for hydroxylation is 3. The van der Waals surface area contributed by atoms with Gasteiger partial charge in [-0.05, 0) is 84.5 Å². The topological polar surface area (TPSA) is 95.6 Å². The van der Waals surface area contributed by atoms with E-state index in [2.05, 4.69) is 49.3 Å². The number of nitrogens with zero attached hydrogens (tertiary/aromatic N) is 4. The van der Waals surface area contributed by atoms with Gasteiger partial charge in [-0.1, -0.05) is 11.8 Å². The molecule has 0 saturated carbocycles. The molecular formula is C18H21IN6S. The molecule has 0 amide bonds. The van der Waals surface area contributed by atoms with Crippen molar-refractivity contribution in [2.24, 2.45) is 5.73 Å². The van der Waals surface area contributed by atoms with Crippen LogP contribution in [0.2, 0.25) is 0 Å². The lowest BCUT2D eigenvalue weighted by Crippen LogP contribution is -2.08. The van der Waals surface area contributed by atoms with Crippen LogP contribution in [-0.2, 0) is 19.4 Å². The minimum Gasteiger partial charge on any atom is -0.382 e. The highest BCUT2D eigenvalue weighted by atomic mass is 127. The molecule has 4 N–H and O–H groups in total. The van der Waals surface area contributed by atoms with Crippen molar-refractivity contribution < 1.29 is 0 Å². The second kappa shape index (κ2) is 7.69. The molecule has 0 bridgehead atoms. The molecule has 1 aliphatic carbocycles. The van der Waals surface area contributed by atoms with Gasteiger partial charge in [0.2, 0.25) is 0 Å². The van der Waals surface area contributed by atoms with Gasteiger partial charge in [-0.25, -0.2) is 15.0 Å². The predicted octanol–water partition coefficient (Wildman–Crippen LogP) is 3.39. The van der Waals surface area contributed by atoms with E-state index in [0.29, 0.717) is 17.9 Å². The highest BCUT2D eigenvalue weighted by Crippen LogP contribution is 2.36. The molecular weight excluding hydrogens is 459 g/mol. The average molecular weight is 480 g/mol. The van der Waals surface area contributed by atoms with Crippen LogP contribution in [0.15, 0.2) is 28.5 Å². The van der Waals surface area contributed by atoms with E-state index in [1.807, 2.05) is 0 Å². The SMILES string of the molecule is NCCCn1c(Sc2cc3c(cc2I)CCCC3)nc2c(N)ncnc21. The zero-order chi connectivity index (χ0) is 18.1. The van der Waals surface area contributed by atoms with Crippen molar-refractivity contribution in [2.45, 2.75) is 48.7 Å². The molecule has 0 spiro atoms. The Hall–Kier alpha value is -1.39. The summed E-state index contributed by atoms with van der Waals surface area (Å²) in [6, 6.07) is 4.67. The predicted molar refractivity (Wildman–Crippen MR) is 113 cm³/mol. The minimum atomic E-state index is 0.420. The minimum absolute atomic E-state index is 0.420. The lowest BCUT2D eigenvalue weighted by atomic mass is 9.92. The lowest BCUT2D eigenvalue weighted by molar-refractivity contribution is 0.612. The molecule has 2 aromatic heterocycles. The van der Waals surface area contributed by atoms with Gasteiger partial charge in [-0.2, -0.15) is 0 Å². The third-order valence-corrected chi connectivity index (χ3v) is 7.02. The van der Waals surface area contributed by atoms with Crippen molar-refractivity contribution in [3.63, 3.8) is 0 Å². The van der Waals surface area contributed by atoms with E-state index in [0.717, 1.165) is 23.8 Å². The van der Waals surface area contributed by atoms with Crippen LogP contribution in [0.3, 0.4) is 0 Å². The number of anilines is 1. The van der Waals surface area contributed by atoms with Gasteiger partial charge in [0.05, 0.1) is 0 Å². The number of hydrogen-bond acceptors (Lipinski definition) is 6. The normalized spacial score (nSPS) is 13.9. The van der Waals surface area contributed by atoms with Crippen LogP contribution >= 0.6 is 34.4 Å². The number of nitrogens with two attached hydrogens (primary N) is 2. The summed E-state index contributed by atoms with van der Waals surface area (Å²) in [4.78, 5) is 14.5. The Morgan fingerprint density at radius 2 is 1.92 bits per heavy atom. The van der Waals surface area contributed by atoms with Gasteiger partial charge in [0.25, 0.3) is 0 Å². The summed E-state index contributed by atoms with van der Waals surface area (Å²) in [5, 5.41) is 0.898. The first kappa shape index (κ1) is 18.0. The van der Waals surface area contributed by atoms with E-state index in [4.69, 9.17) is 16.5 Å². The molecule has 0 unspecified atom stereocenters. The summed E-state index contributed by atoms with van der Waals surface area (Å²) in [5.74, 6) is 0.420. The van der Waals surface area contributed by atoms with Crippen molar-refractivity contribution >= 4 is 51.3 Å². The maximum absolute atomic E-state index is 6.02. The van der Waals surface area contributed by atoms with Crippen molar-refractivity contribution in [1.82, 2.24) is 19.5 Å². The zero-order valence-corrected chi connectivity index (χ0v) is 17.4. The van der Waals surface area contributed by atoms with E-state index < -0.39 is 0 Å². The second-order valence-electron chi connectivity index (χ2n) is 6.48. The zero-order valence-electron chi connectivity index (χ0n) is 14.4. The molecule has 2 heterocycles. The second-order valence-corrected chi connectivity index (χ2v) is 8.65. The highest BCUT2D eigenvalue weighted by Gasteiger charge is 2.18. The highest BCUT2D eigenvalue weighted by molar-refractivity contribution is 14.1. The largest absolute Gasteiger partial charge is 0.382 e. The Morgan fingerprint density at radius 1 is 1.15 bits per heavy atom. The van der Waals surface area contributed by atoms with Crippen LogP contribution in [0.4, 0.5) is 5.82 Å². The van der Waals surface area contributed by atoms with Crippen LogP contribution in [0.5, 0.6) is 0 Å². The maximum Gasteiger partial charge on any atom is 0.175 e. The van der Waals surface area contributed by atoms with Crippen molar-refractivity contribution in [3.05, 3.63) is 33.2 Å². The van der Waals surface area contributed by atoms with Crippen LogP contribution in [0, 0.1) is 3.57 Å². The summed E-state index contributed by atoms with van der Waals surface area (Å²) >= 11 is 4.11. The summed E-state index contributed by atoms with van der Waals surface area (Å²) in [7, 11) is 0. The third-order valence-electron chi connectivity index (χ3n) is 4.71. The third kappa shape index (κ3) is 3.41. The smallest absolute Gasteiger partial charge is 0.175 e. The molecule has 0 saturated heterocycles. The number of benzene rings is 1. The molecule has 4 rings (SSSR count). The molecule has 8 heteroatoms. The van der Waals surface area contributed by atoms with Crippen molar-refractivity contribution in [1.29, 1.82) is 0 Å². The van der Waals surface area contributed by atoms with Crippen LogP contribution in [-0.4, -0.2) is 26.1 Å². The van der Waals surface area contributed by atoms with E-state index in [9.17, 15) is 0 Å². The number of nitrogen functional groups attached to an aromatic ring is 1. The molecule has 1 aliphatic rings. The van der Waals surface area contributed by atoms with Gasteiger partial charge >= 0.3 is 0 Å². The Labute approximate surface area is 170 Å². The first-order chi connectivity index (χ1) is 12.7. The Kier molecular flexibility index (Phi) is 5.32. The van der Waals surface area contributed by atoms with Crippen LogP contribution in [0.1, 0.15) is 30.4 Å². The van der Waals surface area contributed by atoms with E-state index >= 15 is 0 Å². The Morgan fingerprint density at radius 3 is 2.69 bits per heavy atom. The van der Waals surface area contributed by atoms with Gasteiger partial charge in [-0.3, -0.25) is 0 Å². The summed E-state index contributed by atoms with van der Waals surface area (Å²) in [6.45, 7) is 1.40. The maximum atomic E-state index is 6.02. The van der Waals surface area contributed by atoms with E-state index in [1.54, 1.807) is 11.8 Å². The number of halogens is 1. The fraction of sp³-hybridized carbons (Fsp3) is 0.389. The number of rotatable bonds is 5. The quantitative estimate of drug-likeness (QED) is 0.544. The number of hydrogen-bond donors (Lipinski definition) is 2. The van der Waals surface area contributed by atoms with Gasteiger partial charge in [-0.15, -0.1) is 0 Å². The molecule has 0 radical (unpaired) electrons. The molecule has 1 aromatic carbocycles. The fourth-order valence-corrected chi connectivity index (χ4v) is 5.21. The van der Waals surface area contributed by atoms with E-state index in [-0.39, 0.29) is 0 Å². The first-order valence-electron chi connectivity index (χ1n) is 8.83. The molecule has 3 aromatic rings. The van der Waals surface area contributed by atoms with Crippen molar-refractivity contribution in [2.75, 3.05) is 12.3 Å². The van der Waals surface area contributed by atoms with Gasteiger partial charge < -0.3 is 16.0 Å². The van der Waals surface area contributed by atoms with Crippen LogP contribution in [0.25, 0.3) is 11.2 Å². The van der Waals surface area contributed by atoms with Crippen LogP contribution < -0.4 is 11.5 Å². The standard InChI is InChI=1S/C18H21IN6S/c19-13-8-11-4-1-2-5-12(11)9-14(13)26-18-24-15-16(21)22-10-23-17(15)25(18)7-3-6-20/h8-10H,1-7,20H2,(H2,21,22,23). The first-order valence-corrected chi connectivity index (χ1v) is 10.7. The molecule has 26 heavy (non-hydrogen) atoms. The van der Waals surface area contributed by atoms with Gasteiger partial charge in [0.15, 0.2) is 22.1 Å². The lowest BCUT2D eigenvalue weighted by Gasteiger charge is -2.18. The molecule has 0 fully saturated rings. The Bertz CT molecular complexity index is 954. The molecule has 136 valence electrons. The molecule has 0 atom stereocenters. The van der Waals surface area contributed by atoms with Gasteiger partial charge in [0, 0.05) is 15.0 Å². The molecule has 0 aliphatic heterocycles. The van der Waals surface area contributed by atoms with Gasteiger partial charge in [0.1, 0.15) is 6.33 Å². The summed E-state index contributed by atoms with van der Waals surface area (Å²) in [6.07, 6.45) is 7.29. The summed E-state index contributed by atoms with van der Waals surface area (Å²) in [5.41, 5.74) is 16.2. The van der Waals surface area contributed by atoms with Crippen molar-refractivity contribution in [3.8, 4) is 0 Å². The fourth-order valence-electron chi connectivity index (χ4n) is 3.37. The summed E-state index contributed by atoms with van der Waals surface area (Å²) < 4.78 is 3.38. The number of imidazole rings is 1. The average Bonchev–Trinajstić information content (AvgIpc) is 2.99. The number of fused-ring (bicyclic) bond motifs is 2.